The lowest BCUT2D eigenvalue weighted by Crippen LogP contribution is -2.36. The van der Waals surface area contributed by atoms with Crippen molar-refractivity contribution in [2.24, 2.45) is 0 Å². The van der Waals surface area contributed by atoms with Crippen molar-refractivity contribution in [2.45, 2.75) is 32.7 Å². The second kappa shape index (κ2) is 8.19. The van der Waals surface area contributed by atoms with Gasteiger partial charge in [-0.3, -0.25) is 4.79 Å². The maximum Gasteiger partial charge on any atom is 0.239 e. The summed E-state index contributed by atoms with van der Waals surface area (Å²) in [5, 5.41) is 2.71. The molecule has 0 aliphatic heterocycles. The number of amides is 1. The summed E-state index contributed by atoms with van der Waals surface area (Å²) >= 11 is 0. The van der Waals surface area contributed by atoms with Crippen LogP contribution in [0.15, 0.2) is 48.5 Å². The second-order valence-corrected chi connectivity index (χ2v) is 9.52. The van der Waals surface area contributed by atoms with E-state index in [1.54, 1.807) is 12.1 Å². The van der Waals surface area contributed by atoms with Crippen LogP contribution in [0.3, 0.4) is 0 Å². The van der Waals surface area contributed by atoms with Crippen LogP contribution >= 0.6 is 0 Å². The molecule has 0 atom stereocenters. The van der Waals surface area contributed by atoms with Crippen LogP contribution in [0, 0.1) is 5.82 Å². The van der Waals surface area contributed by atoms with Crippen molar-refractivity contribution >= 4 is 21.6 Å². The molecular weight excluding hydrogens is 367 g/mol. The van der Waals surface area contributed by atoms with Gasteiger partial charge < -0.3 is 5.32 Å². The zero-order chi connectivity index (χ0) is 20.2. The van der Waals surface area contributed by atoms with E-state index in [4.69, 9.17) is 0 Å². The predicted octanol–water partition coefficient (Wildman–Crippen LogP) is 3.52. The number of hydrogen-bond acceptors (Lipinski definition) is 3. The molecule has 0 bridgehead atoms. The molecule has 0 heterocycles. The molecule has 0 spiro atoms. The maximum atomic E-state index is 13.0. The number of nitrogens with zero attached hydrogens (tertiary/aromatic N) is 1. The van der Waals surface area contributed by atoms with Crippen LogP contribution in [-0.2, 0) is 26.8 Å². The minimum atomic E-state index is -3.61. The number of anilines is 1. The lowest BCUT2D eigenvalue weighted by molar-refractivity contribution is -0.116. The number of hydrogen-bond donors (Lipinski definition) is 1. The van der Waals surface area contributed by atoms with Gasteiger partial charge in [-0.25, -0.2) is 12.8 Å². The minimum absolute atomic E-state index is 0.00447. The van der Waals surface area contributed by atoms with Crippen molar-refractivity contribution in [1.29, 1.82) is 0 Å². The normalized spacial score (nSPS) is 12.2. The molecule has 0 fully saturated rings. The molecule has 1 N–H and O–H groups in total. The molecule has 0 unspecified atom stereocenters. The fourth-order valence-corrected chi connectivity index (χ4v) is 3.23. The zero-order valence-corrected chi connectivity index (χ0v) is 16.8. The Kier molecular flexibility index (Phi) is 6.38. The number of sulfonamides is 1. The van der Waals surface area contributed by atoms with Crippen LogP contribution < -0.4 is 5.32 Å². The molecular formula is C20H25FN2O3S. The van der Waals surface area contributed by atoms with Gasteiger partial charge in [0.2, 0.25) is 15.9 Å². The van der Waals surface area contributed by atoms with Crippen molar-refractivity contribution in [3.63, 3.8) is 0 Å². The van der Waals surface area contributed by atoms with Crippen LogP contribution in [0.5, 0.6) is 0 Å². The van der Waals surface area contributed by atoms with E-state index in [1.165, 1.54) is 24.3 Å². The molecule has 0 saturated carbocycles. The fraction of sp³-hybridized carbons (Fsp3) is 0.350. The average Bonchev–Trinajstić information content (AvgIpc) is 2.55. The number of carbonyl (C=O) groups excluding carboxylic acids is 1. The maximum absolute atomic E-state index is 13.0. The van der Waals surface area contributed by atoms with Gasteiger partial charge in [0.25, 0.3) is 0 Å². The first-order chi connectivity index (χ1) is 12.4. The predicted molar refractivity (Wildman–Crippen MR) is 105 cm³/mol. The van der Waals surface area contributed by atoms with Crippen LogP contribution in [-0.4, -0.2) is 31.4 Å². The highest BCUT2D eigenvalue weighted by molar-refractivity contribution is 7.88. The Morgan fingerprint density at radius 3 is 2.07 bits per heavy atom. The first kappa shape index (κ1) is 21.1. The van der Waals surface area contributed by atoms with E-state index in [1.807, 2.05) is 12.1 Å². The van der Waals surface area contributed by atoms with Crippen molar-refractivity contribution < 1.29 is 17.6 Å². The highest BCUT2D eigenvalue weighted by atomic mass is 32.2. The molecule has 0 radical (unpaired) electrons. The number of benzene rings is 2. The third-order valence-electron chi connectivity index (χ3n) is 4.10. The van der Waals surface area contributed by atoms with Gasteiger partial charge in [-0.15, -0.1) is 0 Å². The van der Waals surface area contributed by atoms with Gasteiger partial charge in [0.15, 0.2) is 0 Å². The largest absolute Gasteiger partial charge is 0.325 e. The molecule has 0 aliphatic rings. The molecule has 5 nitrogen and oxygen atoms in total. The van der Waals surface area contributed by atoms with E-state index in [-0.39, 0.29) is 18.5 Å². The molecule has 0 aromatic heterocycles. The van der Waals surface area contributed by atoms with Gasteiger partial charge in [-0.05, 0) is 40.8 Å². The molecule has 2 aromatic rings. The minimum Gasteiger partial charge on any atom is -0.325 e. The summed E-state index contributed by atoms with van der Waals surface area (Å²) < 4.78 is 38.1. The van der Waals surface area contributed by atoms with Gasteiger partial charge >= 0.3 is 0 Å². The summed E-state index contributed by atoms with van der Waals surface area (Å²) in [6.07, 6.45) is 1.04. The molecule has 27 heavy (non-hydrogen) atoms. The van der Waals surface area contributed by atoms with Crippen LogP contribution in [0.4, 0.5) is 10.1 Å². The lowest BCUT2D eigenvalue weighted by Gasteiger charge is -2.21. The molecule has 2 rings (SSSR count). The van der Waals surface area contributed by atoms with E-state index < -0.39 is 21.7 Å². The Hall–Kier alpha value is -2.25. The third-order valence-corrected chi connectivity index (χ3v) is 5.29. The van der Waals surface area contributed by atoms with Gasteiger partial charge in [-0.2, -0.15) is 4.31 Å². The Morgan fingerprint density at radius 2 is 1.59 bits per heavy atom. The summed E-state index contributed by atoms with van der Waals surface area (Å²) in [5.41, 5.74) is 2.34. The van der Waals surface area contributed by atoms with Crippen LogP contribution in [0.2, 0.25) is 0 Å². The van der Waals surface area contributed by atoms with Crippen LogP contribution in [0.1, 0.15) is 31.9 Å². The van der Waals surface area contributed by atoms with Crippen molar-refractivity contribution in [3.05, 3.63) is 65.5 Å². The fourth-order valence-electron chi connectivity index (χ4n) is 2.50. The Morgan fingerprint density at radius 1 is 1.04 bits per heavy atom. The molecule has 146 valence electrons. The van der Waals surface area contributed by atoms with Crippen molar-refractivity contribution in [2.75, 3.05) is 18.1 Å². The molecule has 2 aromatic carbocycles. The quantitative estimate of drug-likeness (QED) is 0.818. The van der Waals surface area contributed by atoms with E-state index in [9.17, 15) is 17.6 Å². The Bertz CT molecular complexity index is 886. The monoisotopic (exact) mass is 392 g/mol. The Balaban J connectivity index is 2.06. The molecule has 0 saturated heterocycles. The van der Waals surface area contributed by atoms with Gasteiger partial charge in [-0.1, -0.05) is 45.0 Å². The van der Waals surface area contributed by atoms with Crippen molar-refractivity contribution in [3.8, 4) is 0 Å². The van der Waals surface area contributed by atoms with Gasteiger partial charge in [0.1, 0.15) is 5.82 Å². The van der Waals surface area contributed by atoms with Gasteiger partial charge in [0, 0.05) is 12.2 Å². The highest BCUT2D eigenvalue weighted by Gasteiger charge is 2.21. The average molecular weight is 392 g/mol. The second-order valence-electron chi connectivity index (χ2n) is 7.53. The molecule has 0 aliphatic carbocycles. The third kappa shape index (κ3) is 6.45. The summed E-state index contributed by atoms with van der Waals surface area (Å²) in [4.78, 5) is 12.3. The van der Waals surface area contributed by atoms with Crippen molar-refractivity contribution in [1.82, 2.24) is 4.31 Å². The summed E-state index contributed by atoms with van der Waals surface area (Å²) in [7, 11) is -3.61. The SMILES string of the molecule is CC(C)(C)c1ccc(NC(=O)CN(Cc2ccc(F)cc2)S(C)(=O)=O)cc1. The van der Waals surface area contributed by atoms with E-state index in [0.717, 1.165) is 16.1 Å². The smallest absolute Gasteiger partial charge is 0.239 e. The van der Waals surface area contributed by atoms with E-state index in [0.29, 0.717) is 11.3 Å². The first-order valence-electron chi connectivity index (χ1n) is 8.55. The lowest BCUT2D eigenvalue weighted by atomic mass is 9.87. The highest BCUT2D eigenvalue weighted by Crippen LogP contribution is 2.23. The number of halogens is 1. The Labute approximate surface area is 160 Å². The van der Waals surface area contributed by atoms with E-state index >= 15 is 0 Å². The molecule has 7 heteroatoms. The van der Waals surface area contributed by atoms with Gasteiger partial charge in [0.05, 0.1) is 12.8 Å². The number of carbonyl (C=O) groups is 1. The summed E-state index contributed by atoms with van der Waals surface area (Å²) in [6, 6.07) is 13.0. The number of rotatable bonds is 6. The van der Waals surface area contributed by atoms with E-state index in [2.05, 4.69) is 26.1 Å². The molecule has 1 amide bonds. The number of nitrogens with one attached hydrogen (secondary N) is 1. The zero-order valence-electron chi connectivity index (χ0n) is 16.0. The summed E-state index contributed by atoms with van der Waals surface area (Å²) in [6.45, 7) is 5.97. The summed E-state index contributed by atoms with van der Waals surface area (Å²) in [5.74, 6) is -0.841. The topological polar surface area (TPSA) is 66.5 Å². The first-order valence-corrected chi connectivity index (χ1v) is 10.4. The van der Waals surface area contributed by atoms with Crippen LogP contribution in [0.25, 0.3) is 0 Å². The standard InChI is InChI=1S/C20H25FN2O3S/c1-20(2,3)16-7-11-18(12-8-16)22-19(24)14-23(27(4,25)26)13-15-5-9-17(21)10-6-15/h5-12H,13-14H2,1-4H3,(H,22,24).